The van der Waals surface area contributed by atoms with Crippen molar-refractivity contribution in [2.24, 2.45) is 23.2 Å². The molecule has 4 aliphatic carbocycles. The van der Waals surface area contributed by atoms with Gasteiger partial charge in [-0.05, 0) is 64.2 Å². The maximum atomic E-state index is 12.3. The summed E-state index contributed by atoms with van der Waals surface area (Å²) in [6.45, 7) is 9.50. The first kappa shape index (κ1) is 20.1. The Bertz CT molecular complexity index is 499. The molecule has 0 aromatic heterocycles. The van der Waals surface area contributed by atoms with E-state index < -0.39 is 5.60 Å². The van der Waals surface area contributed by atoms with Crippen molar-refractivity contribution in [3.8, 4) is 0 Å². The molecule has 0 aliphatic heterocycles. The second kappa shape index (κ2) is 7.40. The fraction of sp³-hybridized carbons (Fsp3) is 0.952. The Morgan fingerprint density at radius 3 is 2.35 bits per heavy atom. The number of carbonyl (C=O) groups excluding carboxylic acids is 1. The lowest BCUT2D eigenvalue weighted by Gasteiger charge is -2.65. The third kappa shape index (κ3) is 3.81. The molecule has 0 heterocycles. The Morgan fingerprint density at radius 2 is 1.77 bits per heavy atom. The monoisotopic (exact) mass is 368 g/mol. The summed E-state index contributed by atoms with van der Waals surface area (Å²) >= 11 is 0. The summed E-state index contributed by atoms with van der Waals surface area (Å²) in [7, 11) is 1.67. The second-order valence-electron chi connectivity index (χ2n) is 9.67. The van der Waals surface area contributed by atoms with Crippen molar-refractivity contribution in [2.45, 2.75) is 77.4 Å². The Morgan fingerprint density at radius 1 is 1.12 bits per heavy atom. The van der Waals surface area contributed by atoms with Crippen molar-refractivity contribution >= 4 is 5.97 Å². The fourth-order valence-corrected chi connectivity index (χ4v) is 5.90. The van der Waals surface area contributed by atoms with Crippen LogP contribution in [0.2, 0.25) is 0 Å². The van der Waals surface area contributed by atoms with Crippen LogP contribution in [0.25, 0.3) is 0 Å². The van der Waals surface area contributed by atoms with Gasteiger partial charge in [-0.25, -0.2) is 0 Å². The van der Waals surface area contributed by atoms with Crippen LogP contribution < -0.4 is 0 Å². The molecule has 0 N–H and O–H groups in total. The number of hydrogen-bond donors (Lipinski definition) is 0. The van der Waals surface area contributed by atoms with Crippen LogP contribution in [-0.4, -0.2) is 44.3 Å². The van der Waals surface area contributed by atoms with Gasteiger partial charge in [-0.3, -0.25) is 4.79 Å². The minimum Gasteiger partial charge on any atom is -0.459 e. The van der Waals surface area contributed by atoms with E-state index >= 15 is 0 Å². The molecule has 4 fully saturated rings. The molecule has 150 valence electrons. The summed E-state index contributed by atoms with van der Waals surface area (Å²) in [5.74, 6) is 1.16. The first-order chi connectivity index (χ1) is 12.2. The molecule has 2 unspecified atom stereocenters. The first-order valence-corrected chi connectivity index (χ1v) is 10.1. The maximum Gasteiger partial charge on any atom is 0.308 e. The van der Waals surface area contributed by atoms with E-state index in [0.717, 1.165) is 32.1 Å². The van der Waals surface area contributed by atoms with Gasteiger partial charge in [0, 0.05) is 12.5 Å². The SMILES string of the molecule is COCCOCOC12CC3CC(C1)CC(C(C)(C)OC(=O)C(C)C)(C3)C2. The Hall–Kier alpha value is -0.650. The summed E-state index contributed by atoms with van der Waals surface area (Å²) in [5.41, 5.74) is -0.551. The third-order valence-corrected chi connectivity index (χ3v) is 6.99. The molecule has 2 atom stereocenters. The van der Waals surface area contributed by atoms with Gasteiger partial charge in [0.1, 0.15) is 12.4 Å². The zero-order valence-electron chi connectivity index (χ0n) is 17.1. The maximum absolute atomic E-state index is 12.3. The molecule has 5 heteroatoms. The van der Waals surface area contributed by atoms with Gasteiger partial charge in [-0.15, -0.1) is 0 Å². The number of methoxy groups -OCH3 is 1. The topological polar surface area (TPSA) is 54.0 Å². The van der Waals surface area contributed by atoms with Crippen LogP contribution in [0, 0.1) is 23.2 Å². The van der Waals surface area contributed by atoms with Crippen molar-refractivity contribution in [1.82, 2.24) is 0 Å². The molecule has 0 spiro atoms. The Kier molecular flexibility index (Phi) is 5.72. The molecule has 4 saturated carbocycles. The minimum atomic E-state index is -0.461. The van der Waals surface area contributed by atoms with Gasteiger partial charge in [0.05, 0.1) is 24.7 Å². The molecule has 0 aromatic carbocycles. The van der Waals surface area contributed by atoms with Gasteiger partial charge < -0.3 is 18.9 Å². The lowest BCUT2D eigenvalue weighted by atomic mass is 9.44. The van der Waals surface area contributed by atoms with E-state index in [9.17, 15) is 4.79 Å². The van der Waals surface area contributed by atoms with E-state index in [0.29, 0.717) is 31.8 Å². The predicted molar refractivity (Wildman–Crippen MR) is 98.6 cm³/mol. The Labute approximate surface area is 158 Å². The fourth-order valence-electron chi connectivity index (χ4n) is 5.90. The number of ether oxygens (including phenoxy) is 4. The van der Waals surface area contributed by atoms with Crippen LogP contribution >= 0.6 is 0 Å². The molecule has 4 bridgehead atoms. The van der Waals surface area contributed by atoms with Gasteiger partial charge in [0.25, 0.3) is 0 Å². The first-order valence-electron chi connectivity index (χ1n) is 10.1. The lowest BCUT2D eigenvalue weighted by molar-refractivity contribution is -0.264. The molecule has 0 radical (unpaired) electrons. The number of esters is 1. The quantitative estimate of drug-likeness (QED) is 0.350. The van der Waals surface area contributed by atoms with Crippen LogP contribution in [0.5, 0.6) is 0 Å². The highest BCUT2D eigenvalue weighted by molar-refractivity contribution is 5.72. The van der Waals surface area contributed by atoms with Gasteiger partial charge >= 0.3 is 5.97 Å². The predicted octanol–water partition coefficient (Wildman–Crippen LogP) is 3.94. The van der Waals surface area contributed by atoms with E-state index in [2.05, 4.69) is 13.8 Å². The standard InChI is InChI=1S/C21H36O5/c1-15(2)18(22)26-19(3,4)20-9-16-8-17(10-20)12-21(11-16,13-20)25-14-24-7-6-23-5/h15-17H,6-14H2,1-5H3. The van der Waals surface area contributed by atoms with E-state index in [1.54, 1.807) is 7.11 Å². The van der Waals surface area contributed by atoms with Crippen LogP contribution in [-0.2, 0) is 23.7 Å². The lowest BCUT2D eigenvalue weighted by Crippen LogP contribution is -2.63. The molecular formula is C21H36O5. The zero-order chi connectivity index (χ0) is 19.0. The molecule has 0 aromatic rings. The van der Waals surface area contributed by atoms with Crippen LogP contribution in [0.1, 0.15) is 66.2 Å². The van der Waals surface area contributed by atoms with Crippen molar-refractivity contribution in [2.75, 3.05) is 27.1 Å². The number of carbonyl (C=O) groups is 1. The molecule has 26 heavy (non-hydrogen) atoms. The second-order valence-corrected chi connectivity index (χ2v) is 9.67. The van der Waals surface area contributed by atoms with Gasteiger partial charge in [0.2, 0.25) is 0 Å². The van der Waals surface area contributed by atoms with E-state index in [4.69, 9.17) is 18.9 Å². The molecule has 0 amide bonds. The summed E-state index contributed by atoms with van der Waals surface area (Å²) in [4.78, 5) is 12.3. The highest BCUT2D eigenvalue weighted by Crippen LogP contribution is 2.66. The molecule has 4 rings (SSSR count). The van der Waals surface area contributed by atoms with E-state index in [-0.39, 0.29) is 22.9 Å². The number of hydrogen-bond acceptors (Lipinski definition) is 5. The van der Waals surface area contributed by atoms with Gasteiger partial charge in [-0.2, -0.15) is 0 Å². The normalized spacial score (nSPS) is 35.9. The van der Waals surface area contributed by atoms with Crippen molar-refractivity contribution in [3.63, 3.8) is 0 Å². The molecular weight excluding hydrogens is 332 g/mol. The third-order valence-electron chi connectivity index (χ3n) is 6.99. The van der Waals surface area contributed by atoms with Gasteiger partial charge in [0.15, 0.2) is 0 Å². The van der Waals surface area contributed by atoms with Gasteiger partial charge in [-0.1, -0.05) is 13.8 Å². The van der Waals surface area contributed by atoms with Crippen LogP contribution in [0.4, 0.5) is 0 Å². The molecule has 0 saturated heterocycles. The van der Waals surface area contributed by atoms with Crippen molar-refractivity contribution in [3.05, 3.63) is 0 Å². The minimum absolute atomic E-state index is 0.0220. The van der Waals surface area contributed by atoms with Crippen LogP contribution in [0.15, 0.2) is 0 Å². The average molecular weight is 369 g/mol. The summed E-state index contributed by atoms with van der Waals surface area (Å²) < 4.78 is 23.0. The van der Waals surface area contributed by atoms with Crippen LogP contribution in [0.3, 0.4) is 0 Å². The number of rotatable bonds is 9. The highest BCUT2D eigenvalue weighted by atomic mass is 16.7. The largest absolute Gasteiger partial charge is 0.459 e. The molecule has 5 nitrogen and oxygen atoms in total. The van der Waals surface area contributed by atoms with E-state index in [1.165, 1.54) is 6.42 Å². The smallest absolute Gasteiger partial charge is 0.308 e. The zero-order valence-corrected chi connectivity index (χ0v) is 17.1. The van der Waals surface area contributed by atoms with Crippen molar-refractivity contribution < 1.29 is 23.7 Å². The highest BCUT2D eigenvalue weighted by Gasteiger charge is 2.64. The van der Waals surface area contributed by atoms with E-state index in [1.807, 2.05) is 13.8 Å². The average Bonchev–Trinajstić information content (AvgIpc) is 2.52. The Balaban J connectivity index is 1.71. The molecule has 4 aliphatic rings. The summed E-state index contributed by atoms with van der Waals surface area (Å²) in [6.07, 6.45) is 6.81. The summed E-state index contributed by atoms with van der Waals surface area (Å²) in [6, 6.07) is 0. The van der Waals surface area contributed by atoms with Crippen molar-refractivity contribution in [1.29, 1.82) is 0 Å². The summed E-state index contributed by atoms with van der Waals surface area (Å²) in [5, 5.41) is 0.